The molecule has 0 aliphatic rings. The van der Waals surface area contributed by atoms with Gasteiger partial charge in [-0.1, -0.05) is 36.7 Å². The van der Waals surface area contributed by atoms with Crippen LogP contribution in [0, 0.1) is 5.82 Å². The van der Waals surface area contributed by atoms with Gasteiger partial charge in [0.1, 0.15) is 5.82 Å². The Hall–Kier alpha value is -1.80. The Bertz CT molecular complexity index is 777. The summed E-state index contributed by atoms with van der Waals surface area (Å²) in [6, 6.07) is 3.75. The zero-order valence-corrected chi connectivity index (χ0v) is 14.9. The molecule has 1 heterocycles. The smallest absolute Gasteiger partial charge is 0.324 e. The Morgan fingerprint density at radius 3 is 2.96 bits per heavy atom. The third-order valence-corrected chi connectivity index (χ3v) is 4.70. The predicted molar refractivity (Wildman–Crippen MR) is 93.1 cm³/mol. The van der Waals surface area contributed by atoms with E-state index in [-0.39, 0.29) is 16.6 Å². The van der Waals surface area contributed by atoms with Gasteiger partial charge >= 0.3 is 5.69 Å². The Balaban J connectivity index is 2.05. The first-order valence-electron chi connectivity index (χ1n) is 7.50. The molecule has 0 spiro atoms. The van der Waals surface area contributed by atoms with E-state index in [1.807, 2.05) is 6.92 Å². The van der Waals surface area contributed by atoms with Crippen LogP contribution < -0.4 is 11.0 Å². The van der Waals surface area contributed by atoms with Gasteiger partial charge in [-0.3, -0.25) is 9.36 Å². The summed E-state index contributed by atoms with van der Waals surface area (Å²) in [7, 11) is 0. The van der Waals surface area contributed by atoms with Gasteiger partial charge in [-0.25, -0.2) is 14.3 Å². The summed E-state index contributed by atoms with van der Waals surface area (Å²) in [6.45, 7) is 4.27. The highest BCUT2D eigenvalue weighted by Gasteiger charge is 2.19. The summed E-state index contributed by atoms with van der Waals surface area (Å²) in [5, 5.41) is 9.07. The Kier molecular flexibility index (Phi) is 6.44. The van der Waals surface area contributed by atoms with E-state index in [0.29, 0.717) is 17.4 Å². The van der Waals surface area contributed by atoms with Crippen LogP contribution in [0.1, 0.15) is 26.7 Å². The van der Waals surface area contributed by atoms with Crippen molar-refractivity contribution in [3.63, 3.8) is 0 Å². The third-order valence-electron chi connectivity index (χ3n) is 3.30. The van der Waals surface area contributed by atoms with E-state index in [1.165, 1.54) is 28.5 Å². The first kappa shape index (κ1) is 18.5. The molecular weight excluding hydrogens is 355 g/mol. The first-order chi connectivity index (χ1) is 11.4. The van der Waals surface area contributed by atoms with Gasteiger partial charge in [-0.2, -0.15) is 0 Å². The number of thioether (sulfide) groups is 1. The number of carbonyl (C=O) groups is 1. The highest BCUT2D eigenvalue weighted by Crippen LogP contribution is 2.25. The number of nitrogens with zero attached hydrogens (tertiary/aromatic N) is 2. The average Bonchev–Trinajstić information content (AvgIpc) is 2.88. The molecule has 0 fully saturated rings. The van der Waals surface area contributed by atoms with Crippen LogP contribution in [0.15, 0.2) is 28.2 Å². The molecule has 2 aromatic rings. The van der Waals surface area contributed by atoms with E-state index in [1.54, 1.807) is 6.92 Å². The van der Waals surface area contributed by atoms with E-state index in [2.05, 4.69) is 15.5 Å². The van der Waals surface area contributed by atoms with E-state index in [0.717, 1.165) is 18.9 Å². The number of aromatic amines is 1. The normalized spacial score (nSPS) is 12.2. The topological polar surface area (TPSA) is 79.8 Å². The number of H-pyrrole nitrogens is 1. The summed E-state index contributed by atoms with van der Waals surface area (Å²) in [6.07, 6.45) is 1.79. The van der Waals surface area contributed by atoms with Gasteiger partial charge in [0, 0.05) is 6.54 Å². The summed E-state index contributed by atoms with van der Waals surface area (Å²) in [5.74, 6) is -0.789. The maximum Gasteiger partial charge on any atom is 0.343 e. The van der Waals surface area contributed by atoms with Crippen molar-refractivity contribution in [1.82, 2.24) is 14.8 Å². The monoisotopic (exact) mass is 372 g/mol. The van der Waals surface area contributed by atoms with Crippen molar-refractivity contribution in [1.29, 1.82) is 0 Å². The molecule has 1 aromatic heterocycles. The first-order valence-corrected chi connectivity index (χ1v) is 8.76. The fraction of sp³-hybridized carbons (Fsp3) is 0.400. The number of halogens is 2. The lowest BCUT2D eigenvalue weighted by Gasteiger charge is -2.13. The molecule has 6 nitrogen and oxygen atoms in total. The van der Waals surface area contributed by atoms with Crippen LogP contribution in [0.5, 0.6) is 0 Å². The zero-order chi connectivity index (χ0) is 17.7. The number of hydrogen-bond acceptors (Lipinski definition) is 4. The van der Waals surface area contributed by atoms with Crippen molar-refractivity contribution in [3.05, 3.63) is 39.5 Å². The molecule has 0 saturated carbocycles. The van der Waals surface area contributed by atoms with Gasteiger partial charge in [0.05, 0.1) is 16.0 Å². The lowest BCUT2D eigenvalue weighted by Crippen LogP contribution is -2.24. The fourth-order valence-electron chi connectivity index (χ4n) is 1.94. The summed E-state index contributed by atoms with van der Waals surface area (Å²) >= 11 is 7.07. The number of nitrogens with one attached hydrogen (secondary N) is 2. The van der Waals surface area contributed by atoms with Crippen molar-refractivity contribution in [2.24, 2.45) is 0 Å². The minimum Gasteiger partial charge on any atom is -0.324 e. The fourth-order valence-corrected chi connectivity index (χ4v) is 3.04. The largest absolute Gasteiger partial charge is 0.343 e. The molecule has 9 heteroatoms. The van der Waals surface area contributed by atoms with Gasteiger partial charge in [0.2, 0.25) is 5.91 Å². The highest BCUT2D eigenvalue weighted by molar-refractivity contribution is 8.00. The van der Waals surface area contributed by atoms with Gasteiger partial charge in [-0.15, -0.1) is 5.10 Å². The molecule has 2 rings (SSSR count). The van der Waals surface area contributed by atoms with E-state index < -0.39 is 11.1 Å². The van der Waals surface area contributed by atoms with Crippen LogP contribution in [0.25, 0.3) is 0 Å². The molecule has 1 aromatic carbocycles. The van der Waals surface area contributed by atoms with Crippen LogP contribution in [-0.4, -0.2) is 25.9 Å². The molecule has 0 aliphatic carbocycles. The summed E-state index contributed by atoms with van der Waals surface area (Å²) < 4.78 is 14.6. The maximum absolute atomic E-state index is 13.0. The molecular formula is C15H18ClFN4O2S. The minimum absolute atomic E-state index is 0.125. The Morgan fingerprint density at radius 2 is 2.29 bits per heavy atom. The number of carbonyl (C=O) groups excluding carboxylic acids is 1. The molecule has 130 valence electrons. The van der Waals surface area contributed by atoms with Crippen molar-refractivity contribution >= 4 is 35.0 Å². The summed E-state index contributed by atoms with van der Waals surface area (Å²) in [4.78, 5) is 24.0. The van der Waals surface area contributed by atoms with Gasteiger partial charge in [-0.05, 0) is 31.5 Å². The molecule has 0 radical (unpaired) electrons. The molecule has 0 saturated heterocycles. The lowest BCUT2D eigenvalue weighted by molar-refractivity contribution is -0.115. The predicted octanol–water partition coefficient (Wildman–Crippen LogP) is 3.28. The van der Waals surface area contributed by atoms with Crippen molar-refractivity contribution in [2.45, 2.75) is 43.6 Å². The van der Waals surface area contributed by atoms with Crippen LogP contribution >= 0.6 is 23.4 Å². The molecule has 0 unspecified atom stereocenters. The maximum atomic E-state index is 13.0. The Labute approximate surface area is 147 Å². The Morgan fingerprint density at radius 1 is 1.54 bits per heavy atom. The van der Waals surface area contributed by atoms with Crippen LogP contribution in [0.3, 0.4) is 0 Å². The van der Waals surface area contributed by atoms with E-state index in [4.69, 9.17) is 11.6 Å². The second kappa shape index (κ2) is 8.34. The number of unbranched alkanes of at least 4 members (excludes halogenated alkanes) is 1. The van der Waals surface area contributed by atoms with E-state index in [9.17, 15) is 14.0 Å². The molecule has 1 amide bonds. The molecule has 24 heavy (non-hydrogen) atoms. The quantitative estimate of drug-likeness (QED) is 0.731. The second-order valence-electron chi connectivity index (χ2n) is 5.19. The van der Waals surface area contributed by atoms with Gasteiger partial charge in [0.15, 0.2) is 5.16 Å². The number of aromatic nitrogens is 3. The number of amides is 1. The van der Waals surface area contributed by atoms with Crippen LogP contribution in [0.4, 0.5) is 10.1 Å². The van der Waals surface area contributed by atoms with Crippen molar-refractivity contribution in [3.8, 4) is 0 Å². The highest BCUT2D eigenvalue weighted by atomic mass is 35.5. The molecule has 0 bridgehead atoms. The van der Waals surface area contributed by atoms with Crippen LogP contribution in [-0.2, 0) is 11.3 Å². The van der Waals surface area contributed by atoms with Gasteiger partial charge < -0.3 is 5.32 Å². The van der Waals surface area contributed by atoms with E-state index >= 15 is 0 Å². The SMILES string of the molecule is CCCCn1c(S[C@H](C)C(=O)Nc2ccc(F)cc2Cl)n[nH]c1=O. The lowest BCUT2D eigenvalue weighted by atomic mass is 10.3. The minimum atomic E-state index is -0.512. The number of anilines is 1. The third kappa shape index (κ3) is 4.61. The number of rotatable bonds is 7. The van der Waals surface area contributed by atoms with Crippen molar-refractivity contribution < 1.29 is 9.18 Å². The number of hydrogen-bond donors (Lipinski definition) is 2. The molecule has 2 N–H and O–H groups in total. The number of benzene rings is 1. The second-order valence-corrected chi connectivity index (χ2v) is 6.91. The zero-order valence-electron chi connectivity index (χ0n) is 13.3. The molecule has 1 atom stereocenters. The van der Waals surface area contributed by atoms with Crippen molar-refractivity contribution in [2.75, 3.05) is 5.32 Å². The molecule has 0 aliphatic heterocycles. The standard InChI is InChI=1S/C15H18ClFN4O2S/c1-3-4-7-21-14(23)19-20-15(21)24-9(2)13(22)18-12-6-5-10(17)8-11(12)16/h5-6,8-9H,3-4,7H2,1-2H3,(H,18,22)(H,19,23)/t9-/m1/s1. The summed E-state index contributed by atoms with van der Waals surface area (Å²) in [5.41, 5.74) is 0.0426. The average molecular weight is 373 g/mol. The van der Waals surface area contributed by atoms with Gasteiger partial charge in [0.25, 0.3) is 0 Å². The van der Waals surface area contributed by atoms with Crippen LogP contribution in [0.2, 0.25) is 5.02 Å².